The van der Waals surface area contributed by atoms with E-state index in [1.165, 1.54) is 12.5 Å². The largest absolute Gasteiger partial charge is 0.479 e. The fourth-order valence-electron chi connectivity index (χ4n) is 3.45. The van der Waals surface area contributed by atoms with Crippen molar-refractivity contribution in [2.75, 3.05) is 0 Å². The highest BCUT2D eigenvalue weighted by atomic mass is 16.4. The van der Waals surface area contributed by atoms with Gasteiger partial charge in [-0.3, -0.25) is 4.79 Å². The molecule has 1 aromatic rings. The van der Waals surface area contributed by atoms with Gasteiger partial charge in [0, 0.05) is 19.4 Å². The number of carbonyl (C=O) groups is 2. The summed E-state index contributed by atoms with van der Waals surface area (Å²) < 4.78 is 0. The second-order valence-electron chi connectivity index (χ2n) is 5.90. The Morgan fingerprint density at radius 1 is 1.25 bits per heavy atom. The minimum atomic E-state index is -1.05. The van der Waals surface area contributed by atoms with Gasteiger partial charge in [0.05, 0.1) is 0 Å². The first-order chi connectivity index (χ1) is 9.54. The van der Waals surface area contributed by atoms with Crippen molar-refractivity contribution in [2.45, 2.75) is 50.6 Å². The fraction of sp³-hybridized carbons (Fsp3) is 0.500. The molecule has 1 aromatic carbocycles. The van der Waals surface area contributed by atoms with Crippen LogP contribution >= 0.6 is 0 Å². The molecule has 1 amide bonds. The van der Waals surface area contributed by atoms with Crippen molar-refractivity contribution in [1.29, 1.82) is 0 Å². The molecule has 0 aliphatic heterocycles. The van der Waals surface area contributed by atoms with Crippen molar-refractivity contribution < 1.29 is 14.7 Å². The second-order valence-corrected chi connectivity index (χ2v) is 5.90. The molecule has 1 saturated carbocycles. The highest BCUT2D eigenvalue weighted by Crippen LogP contribution is 2.40. The molecule has 2 aliphatic carbocycles. The summed E-state index contributed by atoms with van der Waals surface area (Å²) >= 11 is 0. The third-order valence-electron chi connectivity index (χ3n) is 4.52. The monoisotopic (exact) mass is 273 g/mol. The number of hydrogen-bond donors (Lipinski definition) is 1. The lowest BCUT2D eigenvalue weighted by atomic mass is 9.76. The smallest absolute Gasteiger partial charge is 0.329 e. The molecule has 0 aromatic heterocycles. The minimum absolute atomic E-state index is 0.116. The number of carboxylic acid groups (broad SMARTS) is 1. The van der Waals surface area contributed by atoms with Crippen molar-refractivity contribution >= 4 is 11.9 Å². The number of fused-ring (bicyclic) bond motifs is 1. The molecular formula is C16H19NO3. The highest BCUT2D eigenvalue weighted by Gasteiger charge is 2.52. The zero-order valence-electron chi connectivity index (χ0n) is 11.6. The van der Waals surface area contributed by atoms with Crippen LogP contribution in [0.15, 0.2) is 24.3 Å². The summed E-state index contributed by atoms with van der Waals surface area (Å²) in [5.74, 6) is -0.983. The summed E-state index contributed by atoms with van der Waals surface area (Å²) in [5, 5.41) is 9.82. The Bertz CT molecular complexity index is 565. The number of amides is 1. The van der Waals surface area contributed by atoms with Crippen LogP contribution < -0.4 is 0 Å². The molecule has 3 rings (SSSR count). The maximum absolute atomic E-state index is 12.0. The predicted molar refractivity (Wildman–Crippen MR) is 74.4 cm³/mol. The van der Waals surface area contributed by atoms with Crippen molar-refractivity contribution in [2.24, 2.45) is 0 Å². The molecule has 0 radical (unpaired) electrons. The molecule has 1 atom stereocenters. The van der Waals surface area contributed by atoms with E-state index < -0.39 is 11.5 Å². The zero-order chi connectivity index (χ0) is 14.3. The summed E-state index contributed by atoms with van der Waals surface area (Å²) in [6.45, 7) is 1.49. The van der Waals surface area contributed by atoms with Crippen molar-refractivity contribution in [3.8, 4) is 0 Å². The molecule has 0 bridgehead atoms. The van der Waals surface area contributed by atoms with Crippen LogP contribution in [0.2, 0.25) is 0 Å². The first-order valence-electron chi connectivity index (χ1n) is 7.15. The molecule has 4 heteroatoms. The van der Waals surface area contributed by atoms with Crippen LogP contribution in [0.1, 0.15) is 37.3 Å². The number of aliphatic carboxylic acids is 1. The van der Waals surface area contributed by atoms with Gasteiger partial charge in [-0.25, -0.2) is 4.79 Å². The van der Waals surface area contributed by atoms with Crippen molar-refractivity contribution in [3.63, 3.8) is 0 Å². The number of rotatable bonds is 3. The van der Waals surface area contributed by atoms with Gasteiger partial charge < -0.3 is 10.0 Å². The van der Waals surface area contributed by atoms with Crippen LogP contribution in [0.25, 0.3) is 0 Å². The summed E-state index contributed by atoms with van der Waals surface area (Å²) in [5.41, 5.74) is 1.22. The molecule has 1 unspecified atom stereocenters. The van der Waals surface area contributed by atoms with E-state index >= 15 is 0 Å². The van der Waals surface area contributed by atoms with Gasteiger partial charge in [-0.15, -0.1) is 0 Å². The minimum Gasteiger partial charge on any atom is -0.479 e. The van der Waals surface area contributed by atoms with Gasteiger partial charge in [0.25, 0.3) is 0 Å². The normalized spacial score (nSPS) is 24.9. The van der Waals surface area contributed by atoms with Crippen LogP contribution in [0, 0.1) is 0 Å². The van der Waals surface area contributed by atoms with E-state index in [0.29, 0.717) is 12.8 Å². The maximum atomic E-state index is 12.0. The fourth-order valence-corrected chi connectivity index (χ4v) is 3.45. The van der Waals surface area contributed by atoms with Gasteiger partial charge in [-0.05, 0) is 36.8 Å². The lowest BCUT2D eigenvalue weighted by Gasteiger charge is -2.43. The van der Waals surface area contributed by atoms with Gasteiger partial charge >= 0.3 is 5.97 Å². The number of nitrogens with zero attached hydrogens (tertiary/aromatic N) is 1. The average molecular weight is 273 g/mol. The number of carbonyl (C=O) groups excluding carboxylic acids is 1. The van der Waals surface area contributed by atoms with E-state index in [-0.39, 0.29) is 11.9 Å². The summed E-state index contributed by atoms with van der Waals surface area (Å²) in [6.07, 6.45) is 3.51. The molecule has 0 spiro atoms. The Hall–Kier alpha value is -1.84. The Balaban J connectivity index is 2.02. The van der Waals surface area contributed by atoms with Crippen LogP contribution in [0.3, 0.4) is 0 Å². The van der Waals surface area contributed by atoms with E-state index in [0.717, 1.165) is 24.8 Å². The van der Waals surface area contributed by atoms with Gasteiger partial charge in [0.1, 0.15) is 5.54 Å². The predicted octanol–water partition coefficient (Wildman–Crippen LogP) is 2.01. The quantitative estimate of drug-likeness (QED) is 0.916. The van der Waals surface area contributed by atoms with Crippen LogP contribution in [-0.2, 0) is 22.4 Å². The lowest BCUT2D eigenvalue weighted by Crippen LogP contribution is -2.60. The van der Waals surface area contributed by atoms with Gasteiger partial charge in [0.15, 0.2) is 0 Å². The summed E-state index contributed by atoms with van der Waals surface area (Å²) in [7, 11) is 0. The molecule has 20 heavy (non-hydrogen) atoms. The van der Waals surface area contributed by atoms with E-state index in [1.54, 1.807) is 4.90 Å². The molecule has 0 heterocycles. The molecule has 0 saturated heterocycles. The maximum Gasteiger partial charge on any atom is 0.329 e. The van der Waals surface area contributed by atoms with Crippen LogP contribution in [0.5, 0.6) is 0 Å². The topological polar surface area (TPSA) is 57.6 Å². The molecule has 106 valence electrons. The third-order valence-corrected chi connectivity index (χ3v) is 4.52. The van der Waals surface area contributed by atoms with Crippen molar-refractivity contribution in [3.05, 3.63) is 35.4 Å². The molecule has 1 N–H and O–H groups in total. The molecular weight excluding hydrogens is 254 g/mol. The SMILES string of the molecule is CC(=O)N(C1CC1)C1(C(=O)O)CCc2ccccc2C1. The third kappa shape index (κ3) is 1.99. The zero-order valence-corrected chi connectivity index (χ0v) is 11.6. The highest BCUT2D eigenvalue weighted by molar-refractivity contribution is 5.87. The first kappa shape index (κ1) is 13.2. The number of aryl methyl sites for hydroxylation is 1. The van der Waals surface area contributed by atoms with E-state index in [9.17, 15) is 14.7 Å². The standard InChI is InChI=1S/C16H19NO3/c1-11(18)17(14-6-7-14)16(15(19)20)9-8-12-4-2-3-5-13(12)10-16/h2-5,14H,6-10H2,1H3,(H,19,20). The molecule has 1 fully saturated rings. The number of benzene rings is 1. The van der Waals surface area contributed by atoms with Gasteiger partial charge in [-0.1, -0.05) is 24.3 Å². The van der Waals surface area contributed by atoms with Gasteiger partial charge in [0.2, 0.25) is 5.91 Å². The Morgan fingerprint density at radius 3 is 2.45 bits per heavy atom. The number of carboxylic acids is 1. The molecule has 2 aliphatic rings. The second kappa shape index (κ2) is 4.62. The summed E-state index contributed by atoms with van der Waals surface area (Å²) in [6, 6.07) is 8.07. The Morgan fingerprint density at radius 2 is 1.90 bits per heavy atom. The van der Waals surface area contributed by atoms with E-state index in [2.05, 4.69) is 6.07 Å². The summed E-state index contributed by atoms with van der Waals surface area (Å²) in [4.78, 5) is 25.6. The first-order valence-corrected chi connectivity index (χ1v) is 7.15. The Kier molecular flexibility index (Phi) is 3.04. The Labute approximate surface area is 118 Å². The van der Waals surface area contributed by atoms with E-state index in [4.69, 9.17) is 0 Å². The number of hydrogen-bond acceptors (Lipinski definition) is 2. The lowest BCUT2D eigenvalue weighted by molar-refractivity contribution is -0.160. The van der Waals surface area contributed by atoms with Crippen molar-refractivity contribution in [1.82, 2.24) is 4.90 Å². The van der Waals surface area contributed by atoms with Crippen LogP contribution in [0.4, 0.5) is 0 Å². The van der Waals surface area contributed by atoms with E-state index in [1.807, 2.05) is 18.2 Å². The molecule has 4 nitrogen and oxygen atoms in total. The van der Waals surface area contributed by atoms with Crippen LogP contribution in [-0.4, -0.2) is 33.5 Å². The van der Waals surface area contributed by atoms with Gasteiger partial charge in [-0.2, -0.15) is 0 Å². The average Bonchev–Trinajstić information content (AvgIpc) is 3.22.